The van der Waals surface area contributed by atoms with E-state index >= 15 is 0 Å². The molecular formula is C27H44N4O5. The van der Waals surface area contributed by atoms with Crippen LogP contribution in [0.4, 0.5) is 0 Å². The molecule has 9 nitrogen and oxygen atoms in total. The van der Waals surface area contributed by atoms with Gasteiger partial charge in [0, 0.05) is 70.6 Å². The molecule has 2 fully saturated rings. The molecule has 2 saturated heterocycles. The zero-order chi connectivity index (χ0) is 26.1. The number of unbranched alkanes of at least 4 members (excludes halogenated alkanes) is 1. The van der Waals surface area contributed by atoms with Crippen LogP contribution in [-0.2, 0) is 20.8 Å². The highest BCUT2D eigenvalue weighted by molar-refractivity contribution is 5.96. The molecule has 2 aliphatic heterocycles. The summed E-state index contributed by atoms with van der Waals surface area (Å²) in [5, 5.41) is 3.55. The highest BCUT2D eigenvalue weighted by atomic mass is 16.5. The fraction of sp³-hybridized carbons (Fsp3) is 0.704. The number of nitrogens with one attached hydrogen (secondary N) is 1. The van der Waals surface area contributed by atoms with E-state index in [1.165, 1.54) is 7.11 Å². The molecule has 3 rings (SSSR count). The van der Waals surface area contributed by atoms with Crippen LogP contribution in [0.25, 0.3) is 0 Å². The smallest absolute Gasteiger partial charge is 0.354 e. The van der Waals surface area contributed by atoms with Crippen LogP contribution in [0.1, 0.15) is 54.1 Å². The number of aromatic nitrogens is 1. The van der Waals surface area contributed by atoms with E-state index in [-0.39, 0.29) is 17.9 Å². The lowest BCUT2D eigenvalue weighted by Crippen LogP contribution is -2.54. The van der Waals surface area contributed by atoms with Crippen LogP contribution in [0, 0.1) is 11.8 Å². The number of esters is 1. The van der Waals surface area contributed by atoms with E-state index in [9.17, 15) is 9.59 Å². The standard InChI is InChI=1S/C27H44N4O5/c1-20(2)19-31(23-16-22(17-28-18-23)21(3)29-11-14-36-15-12-29)26(32)24-8-9-25(27(33)35-5)30(24)10-6-7-13-34-4/h8-9,20,22-23,28H,3,6-7,10-19H2,1-2,4-5H3/t22-,23+/m1/s1. The number of morpholine rings is 1. The van der Waals surface area contributed by atoms with Gasteiger partial charge in [0.25, 0.3) is 5.91 Å². The number of carbonyl (C=O) groups is 2. The molecule has 2 aliphatic rings. The van der Waals surface area contributed by atoms with Crippen LogP contribution in [-0.4, -0.2) is 99.0 Å². The van der Waals surface area contributed by atoms with Gasteiger partial charge in [0.15, 0.2) is 0 Å². The third kappa shape index (κ3) is 7.11. The summed E-state index contributed by atoms with van der Waals surface area (Å²) in [5.41, 5.74) is 2.06. The topological polar surface area (TPSA) is 85.3 Å². The number of hydrogen-bond acceptors (Lipinski definition) is 7. The Bertz CT molecular complexity index is 878. The Kier molecular flexibility index (Phi) is 10.8. The highest BCUT2D eigenvalue weighted by Gasteiger charge is 2.34. The van der Waals surface area contributed by atoms with Gasteiger partial charge in [-0.2, -0.15) is 0 Å². The maximum Gasteiger partial charge on any atom is 0.354 e. The van der Waals surface area contributed by atoms with Crippen LogP contribution < -0.4 is 5.32 Å². The van der Waals surface area contributed by atoms with E-state index in [0.29, 0.717) is 37.0 Å². The summed E-state index contributed by atoms with van der Waals surface area (Å²) >= 11 is 0. The monoisotopic (exact) mass is 504 g/mol. The van der Waals surface area contributed by atoms with Crippen molar-refractivity contribution in [2.24, 2.45) is 11.8 Å². The van der Waals surface area contributed by atoms with Crippen LogP contribution >= 0.6 is 0 Å². The molecule has 1 amide bonds. The molecule has 1 aromatic rings. The highest BCUT2D eigenvalue weighted by Crippen LogP contribution is 2.27. The van der Waals surface area contributed by atoms with Gasteiger partial charge in [-0.3, -0.25) is 4.79 Å². The summed E-state index contributed by atoms with van der Waals surface area (Å²) in [6.07, 6.45) is 2.50. The van der Waals surface area contributed by atoms with Gasteiger partial charge in [-0.25, -0.2) is 4.79 Å². The molecule has 9 heteroatoms. The fourth-order valence-electron chi connectivity index (χ4n) is 5.15. The Balaban J connectivity index is 1.82. The van der Waals surface area contributed by atoms with Crippen molar-refractivity contribution >= 4 is 11.9 Å². The van der Waals surface area contributed by atoms with Crippen molar-refractivity contribution in [2.75, 3.05) is 66.8 Å². The molecule has 0 spiro atoms. The summed E-state index contributed by atoms with van der Waals surface area (Å²) in [7, 11) is 3.04. The first-order valence-corrected chi connectivity index (χ1v) is 13.2. The van der Waals surface area contributed by atoms with Crippen molar-refractivity contribution in [1.29, 1.82) is 0 Å². The first kappa shape index (κ1) is 28.2. The second kappa shape index (κ2) is 13.8. The van der Waals surface area contributed by atoms with E-state index in [1.807, 2.05) is 9.47 Å². The molecular weight excluding hydrogens is 460 g/mol. The molecule has 0 unspecified atom stereocenters. The van der Waals surface area contributed by atoms with E-state index < -0.39 is 5.97 Å². The Morgan fingerprint density at radius 2 is 1.89 bits per heavy atom. The van der Waals surface area contributed by atoms with Gasteiger partial charge in [0.1, 0.15) is 11.4 Å². The van der Waals surface area contributed by atoms with Crippen LogP contribution in [0.2, 0.25) is 0 Å². The van der Waals surface area contributed by atoms with Gasteiger partial charge >= 0.3 is 5.97 Å². The number of carbonyl (C=O) groups excluding carboxylic acids is 2. The Labute approximate surface area is 215 Å². The SMILES string of the molecule is C=C([C@H]1CNC[C@@H](N(CC(C)C)C(=O)c2ccc(C(=O)OC)n2CCCCOC)C1)N1CCOCC1. The first-order chi connectivity index (χ1) is 17.4. The van der Waals surface area contributed by atoms with E-state index in [2.05, 4.69) is 30.6 Å². The average molecular weight is 505 g/mol. The maximum atomic E-state index is 14.0. The summed E-state index contributed by atoms with van der Waals surface area (Å²) in [4.78, 5) is 30.8. The number of ether oxygens (including phenoxy) is 3. The molecule has 202 valence electrons. The van der Waals surface area contributed by atoms with Gasteiger partial charge in [0.05, 0.1) is 20.3 Å². The molecule has 1 aromatic heterocycles. The van der Waals surface area contributed by atoms with E-state index in [4.69, 9.17) is 14.2 Å². The van der Waals surface area contributed by atoms with Gasteiger partial charge < -0.3 is 33.9 Å². The van der Waals surface area contributed by atoms with E-state index in [0.717, 1.165) is 64.4 Å². The molecule has 0 aromatic carbocycles. The first-order valence-electron chi connectivity index (χ1n) is 13.2. The lowest BCUT2D eigenvalue weighted by Gasteiger charge is -2.42. The fourth-order valence-corrected chi connectivity index (χ4v) is 5.15. The summed E-state index contributed by atoms with van der Waals surface area (Å²) in [5.74, 6) is 0.0881. The largest absolute Gasteiger partial charge is 0.464 e. The zero-order valence-electron chi connectivity index (χ0n) is 22.5. The summed E-state index contributed by atoms with van der Waals surface area (Å²) < 4.78 is 17.5. The average Bonchev–Trinajstić information content (AvgIpc) is 3.32. The third-order valence-electron chi connectivity index (χ3n) is 7.05. The number of methoxy groups -OCH3 is 2. The number of hydrogen-bond donors (Lipinski definition) is 1. The molecule has 1 N–H and O–H groups in total. The molecule has 0 bridgehead atoms. The zero-order valence-corrected chi connectivity index (χ0v) is 22.5. The lowest BCUT2D eigenvalue weighted by molar-refractivity contribution is 0.0422. The molecule has 2 atom stereocenters. The van der Waals surface area contributed by atoms with E-state index in [1.54, 1.807) is 19.2 Å². The minimum Gasteiger partial charge on any atom is -0.464 e. The molecule has 0 saturated carbocycles. The van der Waals surface area contributed by atoms with Gasteiger partial charge in [-0.15, -0.1) is 0 Å². The lowest BCUT2D eigenvalue weighted by atomic mass is 9.90. The normalized spacial score (nSPS) is 20.4. The quantitative estimate of drug-likeness (QED) is 0.346. The Morgan fingerprint density at radius 1 is 1.17 bits per heavy atom. The second-order valence-electron chi connectivity index (χ2n) is 10.1. The number of rotatable bonds is 12. The van der Waals surface area contributed by atoms with Gasteiger partial charge in [0.2, 0.25) is 0 Å². The van der Waals surface area contributed by atoms with Crippen LogP contribution in [0.5, 0.6) is 0 Å². The number of nitrogens with zero attached hydrogens (tertiary/aromatic N) is 3. The van der Waals surface area contributed by atoms with Crippen molar-refractivity contribution in [1.82, 2.24) is 19.7 Å². The van der Waals surface area contributed by atoms with Crippen molar-refractivity contribution in [3.63, 3.8) is 0 Å². The Hall–Kier alpha value is -2.36. The molecule has 0 aliphatic carbocycles. The molecule has 36 heavy (non-hydrogen) atoms. The number of piperidine rings is 1. The Morgan fingerprint density at radius 3 is 2.56 bits per heavy atom. The van der Waals surface area contributed by atoms with Gasteiger partial charge in [-0.1, -0.05) is 20.4 Å². The summed E-state index contributed by atoms with van der Waals surface area (Å²) in [6, 6.07) is 3.50. The molecule has 3 heterocycles. The maximum absolute atomic E-state index is 14.0. The minimum absolute atomic E-state index is 0.0369. The number of amides is 1. The predicted octanol–water partition coefficient (Wildman–Crippen LogP) is 2.62. The summed E-state index contributed by atoms with van der Waals surface area (Å²) in [6.45, 7) is 15.3. The van der Waals surface area contributed by atoms with Crippen molar-refractivity contribution < 1.29 is 23.8 Å². The van der Waals surface area contributed by atoms with Crippen molar-refractivity contribution in [3.8, 4) is 0 Å². The third-order valence-corrected chi connectivity index (χ3v) is 7.05. The van der Waals surface area contributed by atoms with Crippen LogP contribution in [0.15, 0.2) is 24.4 Å². The molecule has 0 radical (unpaired) electrons. The minimum atomic E-state index is -0.433. The van der Waals surface area contributed by atoms with Crippen molar-refractivity contribution in [3.05, 3.63) is 35.8 Å². The van der Waals surface area contributed by atoms with Gasteiger partial charge in [-0.05, 0) is 37.3 Å². The second-order valence-corrected chi connectivity index (χ2v) is 10.1. The predicted molar refractivity (Wildman–Crippen MR) is 139 cm³/mol. The van der Waals surface area contributed by atoms with Crippen molar-refractivity contribution in [2.45, 2.75) is 45.7 Å². The van der Waals surface area contributed by atoms with Crippen LogP contribution in [0.3, 0.4) is 0 Å².